The molecule has 3 heteroatoms. The van der Waals surface area contributed by atoms with Gasteiger partial charge in [0.25, 0.3) is 5.91 Å². The van der Waals surface area contributed by atoms with Crippen molar-refractivity contribution < 1.29 is 4.79 Å². The minimum atomic E-state index is -0.0962. The van der Waals surface area contributed by atoms with Crippen LogP contribution in [0.4, 0.5) is 5.69 Å². The Morgan fingerprint density at radius 3 is 2.73 bits per heavy atom. The Morgan fingerprint density at radius 1 is 1.53 bits per heavy atom. The second-order valence-electron chi connectivity index (χ2n) is 3.71. The molecule has 0 saturated carbocycles. The molecular formula is C12H16N2O. The standard InChI is InChI=1S/C12H16N2O/c1-8(2)7-14-12(15)10-4-5-11(13)9(3)6-10/h4-6H,1,7,13H2,2-3H3,(H,14,15). The first-order valence-electron chi connectivity index (χ1n) is 4.79. The highest BCUT2D eigenvalue weighted by Crippen LogP contribution is 2.12. The summed E-state index contributed by atoms with van der Waals surface area (Å²) in [6.45, 7) is 7.97. The van der Waals surface area contributed by atoms with Gasteiger partial charge in [0.2, 0.25) is 0 Å². The molecule has 0 bridgehead atoms. The first-order chi connectivity index (χ1) is 7.00. The van der Waals surface area contributed by atoms with E-state index in [1.165, 1.54) is 0 Å². The van der Waals surface area contributed by atoms with E-state index < -0.39 is 0 Å². The van der Waals surface area contributed by atoms with Gasteiger partial charge in [-0.15, -0.1) is 0 Å². The van der Waals surface area contributed by atoms with Crippen molar-refractivity contribution >= 4 is 11.6 Å². The Labute approximate surface area is 90.0 Å². The summed E-state index contributed by atoms with van der Waals surface area (Å²) in [6.07, 6.45) is 0. The first kappa shape index (κ1) is 11.3. The zero-order valence-corrected chi connectivity index (χ0v) is 9.13. The average Bonchev–Trinajstić information content (AvgIpc) is 2.18. The lowest BCUT2D eigenvalue weighted by molar-refractivity contribution is 0.0957. The molecule has 0 aliphatic carbocycles. The molecule has 0 unspecified atom stereocenters. The number of nitrogens with one attached hydrogen (secondary N) is 1. The zero-order valence-electron chi connectivity index (χ0n) is 9.13. The molecule has 0 spiro atoms. The summed E-state index contributed by atoms with van der Waals surface area (Å²) in [7, 11) is 0. The molecule has 0 aliphatic heterocycles. The van der Waals surface area contributed by atoms with Crippen molar-refractivity contribution in [1.29, 1.82) is 0 Å². The van der Waals surface area contributed by atoms with Gasteiger partial charge in [-0.2, -0.15) is 0 Å². The van der Waals surface area contributed by atoms with Crippen LogP contribution in [-0.4, -0.2) is 12.5 Å². The second-order valence-corrected chi connectivity index (χ2v) is 3.71. The Hall–Kier alpha value is -1.77. The number of anilines is 1. The summed E-state index contributed by atoms with van der Waals surface area (Å²) in [4.78, 5) is 11.6. The van der Waals surface area contributed by atoms with Crippen LogP contribution in [-0.2, 0) is 0 Å². The van der Waals surface area contributed by atoms with Crippen LogP contribution in [0.25, 0.3) is 0 Å². The molecule has 1 aromatic rings. The summed E-state index contributed by atoms with van der Waals surface area (Å²) in [5.41, 5.74) is 8.83. The third-order valence-electron chi connectivity index (χ3n) is 2.08. The molecule has 0 aromatic heterocycles. The number of carbonyl (C=O) groups excluding carboxylic acids is 1. The third-order valence-corrected chi connectivity index (χ3v) is 2.08. The molecule has 0 heterocycles. The van der Waals surface area contributed by atoms with E-state index in [1.54, 1.807) is 18.2 Å². The summed E-state index contributed by atoms with van der Waals surface area (Å²) < 4.78 is 0. The van der Waals surface area contributed by atoms with E-state index in [9.17, 15) is 4.79 Å². The highest BCUT2D eigenvalue weighted by atomic mass is 16.1. The maximum atomic E-state index is 11.6. The van der Waals surface area contributed by atoms with Crippen LogP contribution in [0.1, 0.15) is 22.8 Å². The van der Waals surface area contributed by atoms with Gasteiger partial charge in [0.05, 0.1) is 0 Å². The van der Waals surface area contributed by atoms with Crippen molar-refractivity contribution in [3.63, 3.8) is 0 Å². The maximum Gasteiger partial charge on any atom is 0.251 e. The molecule has 0 atom stereocenters. The monoisotopic (exact) mass is 204 g/mol. The summed E-state index contributed by atoms with van der Waals surface area (Å²) in [6, 6.07) is 5.24. The minimum Gasteiger partial charge on any atom is -0.399 e. The van der Waals surface area contributed by atoms with E-state index in [0.29, 0.717) is 17.8 Å². The molecule has 0 fully saturated rings. The Bertz CT molecular complexity index is 397. The average molecular weight is 204 g/mol. The number of benzene rings is 1. The van der Waals surface area contributed by atoms with Crippen molar-refractivity contribution in [1.82, 2.24) is 5.32 Å². The highest BCUT2D eigenvalue weighted by Gasteiger charge is 2.05. The lowest BCUT2D eigenvalue weighted by atomic mass is 10.1. The fourth-order valence-corrected chi connectivity index (χ4v) is 1.15. The molecule has 0 aliphatic rings. The molecule has 80 valence electrons. The van der Waals surface area contributed by atoms with Gasteiger partial charge in [0, 0.05) is 17.8 Å². The normalized spacial score (nSPS) is 9.73. The Balaban J connectivity index is 2.74. The van der Waals surface area contributed by atoms with Crippen LogP contribution in [0.5, 0.6) is 0 Å². The van der Waals surface area contributed by atoms with Crippen molar-refractivity contribution in [2.45, 2.75) is 13.8 Å². The van der Waals surface area contributed by atoms with Crippen LogP contribution >= 0.6 is 0 Å². The number of hydrogen-bond acceptors (Lipinski definition) is 2. The Morgan fingerprint density at radius 2 is 2.20 bits per heavy atom. The molecule has 3 N–H and O–H groups in total. The van der Waals surface area contributed by atoms with Crippen molar-refractivity contribution in [2.24, 2.45) is 0 Å². The number of nitrogen functional groups attached to an aromatic ring is 1. The number of aryl methyl sites for hydroxylation is 1. The van der Waals surface area contributed by atoms with Gasteiger partial charge >= 0.3 is 0 Å². The second kappa shape index (κ2) is 4.64. The molecule has 3 nitrogen and oxygen atoms in total. The fraction of sp³-hybridized carbons (Fsp3) is 0.250. The fourth-order valence-electron chi connectivity index (χ4n) is 1.15. The van der Waals surface area contributed by atoms with Crippen molar-refractivity contribution in [3.8, 4) is 0 Å². The Kier molecular flexibility index (Phi) is 3.50. The van der Waals surface area contributed by atoms with Crippen LogP contribution < -0.4 is 11.1 Å². The van der Waals surface area contributed by atoms with Crippen LogP contribution in [0.15, 0.2) is 30.4 Å². The number of amides is 1. The number of hydrogen-bond donors (Lipinski definition) is 2. The predicted octanol–water partition coefficient (Wildman–Crippen LogP) is 1.88. The van der Waals surface area contributed by atoms with Gasteiger partial charge in [0.1, 0.15) is 0 Å². The van der Waals surface area contributed by atoms with E-state index in [-0.39, 0.29) is 5.91 Å². The summed E-state index contributed by atoms with van der Waals surface area (Å²) in [5, 5.41) is 2.77. The van der Waals surface area contributed by atoms with Crippen molar-refractivity contribution in [2.75, 3.05) is 12.3 Å². The van der Waals surface area contributed by atoms with Crippen molar-refractivity contribution in [3.05, 3.63) is 41.5 Å². The smallest absolute Gasteiger partial charge is 0.251 e. The summed E-state index contributed by atoms with van der Waals surface area (Å²) >= 11 is 0. The van der Waals surface area contributed by atoms with Gasteiger partial charge in [0.15, 0.2) is 0 Å². The van der Waals surface area contributed by atoms with Gasteiger partial charge in [-0.1, -0.05) is 12.2 Å². The van der Waals surface area contributed by atoms with Gasteiger partial charge < -0.3 is 11.1 Å². The van der Waals surface area contributed by atoms with E-state index >= 15 is 0 Å². The zero-order chi connectivity index (χ0) is 11.4. The minimum absolute atomic E-state index is 0.0962. The van der Waals surface area contributed by atoms with E-state index in [0.717, 1.165) is 11.1 Å². The van der Waals surface area contributed by atoms with Gasteiger partial charge in [-0.25, -0.2) is 0 Å². The molecule has 0 radical (unpaired) electrons. The third kappa shape index (κ3) is 3.13. The number of rotatable bonds is 3. The van der Waals surface area contributed by atoms with Crippen LogP contribution in [0.2, 0.25) is 0 Å². The number of carbonyl (C=O) groups is 1. The van der Waals surface area contributed by atoms with Gasteiger partial charge in [-0.05, 0) is 37.6 Å². The lowest BCUT2D eigenvalue weighted by Gasteiger charge is -2.06. The SMILES string of the molecule is C=C(C)CNC(=O)c1ccc(N)c(C)c1. The lowest BCUT2D eigenvalue weighted by Crippen LogP contribution is -2.24. The topological polar surface area (TPSA) is 55.1 Å². The summed E-state index contributed by atoms with van der Waals surface area (Å²) in [5.74, 6) is -0.0962. The van der Waals surface area contributed by atoms with Crippen LogP contribution in [0, 0.1) is 6.92 Å². The van der Waals surface area contributed by atoms with E-state index in [2.05, 4.69) is 11.9 Å². The maximum absolute atomic E-state index is 11.6. The molecule has 0 saturated heterocycles. The largest absolute Gasteiger partial charge is 0.399 e. The van der Waals surface area contributed by atoms with Gasteiger partial charge in [-0.3, -0.25) is 4.79 Å². The first-order valence-corrected chi connectivity index (χ1v) is 4.79. The molecule has 1 rings (SSSR count). The molecule has 1 amide bonds. The number of nitrogens with two attached hydrogens (primary N) is 1. The van der Waals surface area contributed by atoms with E-state index in [1.807, 2.05) is 13.8 Å². The molecule has 15 heavy (non-hydrogen) atoms. The quantitative estimate of drug-likeness (QED) is 0.583. The predicted molar refractivity (Wildman–Crippen MR) is 62.7 cm³/mol. The van der Waals surface area contributed by atoms with E-state index in [4.69, 9.17) is 5.73 Å². The van der Waals surface area contributed by atoms with Crippen LogP contribution in [0.3, 0.4) is 0 Å². The highest BCUT2D eigenvalue weighted by molar-refractivity contribution is 5.94. The molecule has 1 aromatic carbocycles. The molecular weight excluding hydrogens is 188 g/mol.